The standard InChI is InChI=1S/C20H19Cl2NO6/c1-3-27-18(25)20(19(26)28-4-2)13(16-6-5-9-29-16)11-17(24)23(20)12-7-8-14(21)15(22)10-12/h5-10,13H,3-4,11H2,1-2H3/t13-/m0/s1. The molecule has 154 valence electrons. The van der Waals surface area contributed by atoms with Gasteiger partial charge in [-0.25, -0.2) is 9.59 Å². The summed E-state index contributed by atoms with van der Waals surface area (Å²) in [6, 6.07) is 7.61. The van der Waals surface area contributed by atoms with Crippen LogP contribution in [0.15, 0.2) is 41.0 Å². The van der Waals surface area contributed by atoms with Gasteiger partial charge < -0.3 is 13.9 Å². The predicted molar refractivity (Wildman–Crippen MR) is 106 cm³/mol. The van der Waals surface area contributed by atoms with Crippen molar-refractivity contribution in [3.8, 4) is 0 Å². The number of anilines is 1. The van der Waals surface area contributed by atoms with Crippen LogP contribution in [0.4, 0.5) is 5.69 Å². The normalized spacial score (nSPS) is 18.0. The first-order valence-corrected chi connectivity index (χ1v) is 9.79. The Morgan fingerprint density at radius 3 is 2.31 bits per heavy atom. The summed E-state index contributed by atoms with van der Waals surface area (Å²) in [5.74, 6) is -2.95. The number of carbonyl (C=O) groups excluding carboxylic acids is 3. The molecule has 0 bridgehead atoms. The molecule has 29 heavy (non-hydrogen) atoms. The van der Waals surface area contributed by atoms with Crippen LogP contribution in [0, 0.1) is 0 Å². The van der Waals surface area contributed by atoms with E-state index in [0.29, 0.717) is 5.76 Å². The number of esters is 2. The number of rotatable bonds is 6. The molecule has 2 aromatic rings. The molecular formula is C20H19Cl2NO6. The largest absolute Gasteiger partial charge is 0.469 e. The summed E-state index contributed by atoms with van der Waals surface area (Å²) < 4.78 is 16.0. The van der Waals surface area contributed by atoms with Gasteiger partial charge in [0.15, 0.2) is 0 Å². The molecule has 1 aliphatic rings. The first-order valence-electron chi connectivity index (χ1n) is 9.03. The molecule has 2 heterocycles. The maximum absolute atomic E-state index is 13.3. The van der Waals surface area contributed by atoms with Gasteiger partial charge in [-0.05, 0) is 44.2 Å². The van der Waals surface area contributed by atoms with E-state index in [2.05, 4.69) is 0 Å². The van der Waals surface area contributed by atoms with E-state index in [-0.39, 0.29) is 35.4 Å². The SMILES string of the molecule is CCOC(=O)C1(C(=O)OCC)[C@H](c2ccco2)CC(=O)N1c1ccc(Cl)c(Cl)c1. The predicted octanol–water partition coefficient (Wildman–Crippen LogP) is 3.97. The zero-order valence-electron chi connectivity index (χ0n) is 15.8. The number of halogens is 2. The van der Waals surface area contributed by atoms with Gasteiger partial charge in [0.05, 0.1) is 35.4 Å². The van der Waals surface area contributed by atoms with Crippen molar-refractivity contribution in [1.82, 2.24) is 0 Å². The third-order valence-corrected chi connectivity index (χ3v) is 5.45. The van der Waals surface area contributed by atoms with E-state index >= 15 is 0 Å². The average molecular weight is 440 g/mol. The number of benzene rings is 1. The summed E-state index contributed by atoms with van der Waals surface area (Å²) in [6.45, 7) is 3.24. The lowest BCUT2D eigenvalue weighted by Gasteiger charge is -2.36. The first kappa shape index (κ1) is 21.2. The molecule has 0 unspecified atom stereocenters. The molecule has 1 aliphatic heterocycles. The minimum atomic E-state index is -2.10. The summed E-state index contributed by atoms with van der Waals surface area (Å²) in [6.07, 6.45) is 1.24. The van der Waals surface area contributed by atoms with Crippen molar-refractivity contribution < 1.29 is 28.3 Å². The topological polar surface area (TPSA) is 86.0 Å². The summed E-state index contributed by atoms with van der Waals surface area (Å²) in [5.41, 5.74) is -1.88. The van der Waals surface area contributed by atoms with Crippen LogP contribution in [0.5, 0.6) is 0 Å². The smallest absolute Gasteiger partial charge is 0.345 e. The van der Waals surface area contributed by atoms with Crippen LogP contribution in [-0.2, 0) is 23.9 Å². The third-order valence-electron chi connectivity index (χ3n) is 4.71. The van der Waals surface area contributed by atoms with Crippen molar-refractivity contribution in [2.75, 3.05) is 18.1 Å². The minimum absolute atomic E-state index is 0.00820. The number of hydrogen-bond acceptors (Lipinski definition) is 6. The van der Waals surface area contributed by atoms with Crippen LogP contribution in [0.3, 0.4) is 0 Å². The lowest BCUT2D eigenvalue weighted by molar-refractivity contribution is -0.165. The number of hydrogen-bond donors (Lipinski definition) is 0. The molecule has 1 aromatic heterocycles. The highest BCUT2D eigenvalue weighted by atomic mass is 35.5. The lowest BCUT2D eigenvalue weighted by Crippen LogP contribution is -2.62. The van der Waals surface area contributed by atoms with Crippen LogP contribution >= 0.6 is 23.2 Å². The molecule has 0 aliphatic carbocycles. The molecule has 1 amide bonds. The van der Waals surface area contributed by atoms with Gasteiger partial charge in [0.25, 0.3) is 5.54 Å². The Morgan fingerprint density at radius 2 is 1.79 bits per heavy atom. The number of amides is 1. The second-order valence-electron chi connectivity index (χ2n) is 6.31. The van der Waals surface area contributed by atoms with Gasteiger partial charge in [0, 0.05) is 12.1 Å². The monoisotopic (exact) mass is 439 g/mol. The van der Waals surface area contributed by atoms with Gasteiger partial charge >= 0.3 is 11.9 Å². The Morgan fingerprint density at radius 1 is 1.14 bits per heavy atom. The van der Waals surface area contributed by atoms with Crippen LogP contribution in [-0.4, -0.2) is 36.6 Å². The van der Waals surface area contributed by atoms with Crippen molar-refractivity contribution >= 4 is 46.7 Å². The summed E-state index contributed by atoms with van der Waals surface area (Å²) in [4.78, 5) is 40.7. The van der Waals surface area contributed by atoms with E-state index in [0.717, 1.165) is 4.90 Å². The van der Waals surface area contributed by atoms with E-state index in [9.17, 15) is 14.4 Å². The van der Waals surface area contributed by atoms with Crippen LogP contribution < -0.4 is 4.90 Å². The summed E-state index contributed by atoms with van der Waals surface area (Å²) in [5, 5.41) is 0.433. The number of furan rings is 1. The highest BCUT2D eigenvalue weighted by Crippen LogP contribution is 2.48. The van der Waals surface area contributed by atoms with E-state index in [4.69, 9.17) is 37.1 Å². The molecule has 3 rings (SSSR count). The van der Waals surface area contributed by atoms with Crippen molar-refractivity contribution in [1.29, 1.82) is 0 Å². The second kappa shape index (κ2) is 8.47. The first-order chi connectivity index (χ1) is 13.9. The number of nitrogens with zero attached hydrogens (tertiary/aromatic N) is 1. The molecule has 1 fully saturated rings. The molecular weight excluding hydrogens is 421 g/mol. The van der Waals surface area contributed by atoms with Gasteiger partial charge in [-0.1, -0.05) is 23.2 Å². The highest BCUT2D eigenvalue weighted by molar-refractivity contribution is 6.42. The fourth-order valence-electron chi connectivity index (χ4n) is 3.57. The summed E-state index contributed by atoms with van der Waals surface area (Å²) in [7, 11) is 0. The van der Waals surface area contributed by atoms with Crippen molar-refractivity contribution in [3.63, 3.8) is 0 Å². The molecule has 0 spiro atoms. The molecule has 0 N–H and O–H groups in total. The Bertz CT molecular complexity index is 909. The molecule has 1 aromatic carbocycles. The van der Waals surface area contributed by atoms with Crippen LogP contribution in [0.1, 0.15) is 31.9 Å². The molecule has 1 saturated heterocycles. The van der Waals surface area contributed by atoms with E-state index < -0.39 is 29.3 Å². The zero-order valence-corrected chi connectivity index (χ0v) is 17.3. The maximum Gasteiger partial charge on any atom is 0.345 e. The van der Waals surface area contributed by atoms with Gasteiger partial charge in [0.2, 0.25) is 5.91 Å². The molecule has 7 nitrogen and oxygen atoms in total. The fraction of sp³-hybridized carbons (Fsp3) is 0.350. The summed E-state index contributed by atoms with van der Waals surface area (Å²) >= 11 is 12.1. The number of ether oxygens (including phenoxy) is 2. The molecule has 0 saturated carbocycles. The highest BCUT2D eigenvalue weighted by Gasteiger charge is 2.67. The van der Waals surface area contributed by atoms with Gasteiger partial charge in [-0.15, -0.1) is 0 Å². The van der Waals surface area contributed by atoms with E-state index in [1.807, 2.05) is 0 Å². The number of carbonyl (C=O) groups is 3. The van der Waals surface area contributed by atoms with Gasteiger partial charge in [-0.2, -0.15) is 0 Å². The van der Waals surface area contributed by atoms with Crippen LogP contribution in [0.2, 0.25) is 10.0 Å². The van der Waals surface area contributed by atoms with Gasteiger partial charge in [-0.3, -0.25) is 9.69 Å². The third kappa shape index (κ3) is 3.49. The van der Waals surface area contributed by atoms with Crippen molar-refractivity contribution in [3.05, 3.63) is 52.4 Å². The van der Waals surface area contributed by atoms with E-state index in [1.165, 1.54) is 24.5 Å². The Balaban J connectivity index is 2.27. The Labute approximate surface area is 177 Å². The molecule has 1 atom stereocenters. The van der Waals surface area contributed by atoms with Crippen LogP contribution in [0.25, 0.3) is 0 Å². The van der Waals surface area contributed by atoms with Crippen molar-refractivity contribution in [2.45, 2.75) is 31.7 Å². The van der Waals surface area contributed by atoms with Gasteiger partial charge in [0.1, 0.15) is 5.76 Å². The molecule has 0 radical (unpaired) electrons. The minimum Gasteiger partial charge on any atom is -0.469 e. The second-order valence-corrected chi connectivity index (χ2v) is 7.12. The maximum atomic E-state index is 13.3. The molecule has 9 heteroatoms. The quantitative estimate of drug-likeness (QED) is 0.499. The van der Waals surface area contributed by atoms with E-state index in [1.54, 1.807) is 26.0 Å². The van der Waals surface area contributed by atoms with Crippen molar-refractivity contribution in [2.24, 2.45) is 0 Å². The Hall–Kier alpha value is -2.51. The zero-order chi connectivity index (χ0) is 21.2. The average Bonchev–Trinajstić information content (AvgIpc) is 3.30. The fourth-order valence-corrected chi connectivity index (χ4v) is 3.86. The Kier molecular flexibility index (Phi) is 6.19. The lowest BCUT2D eigenvalue weighted by atomic mass is 9.82.